The largest absolute Gasteiger partial charge is 0.508 e. The van der Waals surface area contributed by atoms with E-state index in [2.05, 4.69) is 10.3 Å². The van der Waals surface area contributed by atoms with E-state index in [0.717, 1.165) is 5.56 Å². The maximum atomic E-state index is 11.0. The number of phenolic OH excluding ortho intramolecular Hbond substituents is 1. The van der Waals surface area contributed by atoms with Crippen molar-refractivity contribution in [1.82, 2.24) is 10.2 Å². The van der Waals surface area contributed by atoms with Crippen LogP contribution in [0.15, 0.2) is 72.2 Å². The molecule has 2 aromatic carbocycles. The number of carbonyl (C=O) groups excluding carboxylic acids is 1. The number of hydrogen-bond acceptors (Lipinski definition) is 5. The first kappa shape index (κ1) is 18.3. The molecule has 0 atom stereocenters. The van der Waals surface area contributed by atoms with Crippen LogP contribution in [0.2, 0.25) is 0 Å². The van der Waals surface area contributed by atoms with Crippen molar-refractivity contribution in [2.45, 2.75) is 6.92 Å². The van der Waals surface area contributed by atoms with Gasteiger partial charge < -0.3 is 20.1 Å². The number of phenols is 1. The van der Waals surface area contributed by atoms with Crippen molar-refractivity contribution in [3.05, 3.63) is 78.3 Å². The standard InChI is InChI=1S/C21H21N3O3/c1-16(25)22-9-10-24-11-12-27-21(15-24)19-13-18(26)7-8-20(19)23-14-17-5-3-2-4-6-17/h2-8,11-15,26H,9-10H2,1H3,(H,22,25). The minimum absolute atomic E-state index is 0.0676. The van der Waals surface area contributed by atoms with Crippen molar-refractivity contribution in [2.75, 3.05) is 13.1 Å². The molecule has 2 aromatic rings. The molecule has 3 rings (SSSR count). The Balaban J connectivity index is 1.82. The van der Waals surface area contributed by atoms with Crippen LogP contribution in [0, 0.1) is 0 Å². The minimum Gasteiger partial charge on any atom is -0.508 e. The molecule has 6 heteroatoms. The van der Waals surface area contributed by atoms with E-state index in [-0.39, 0.29) is 11.7 Å². The summed E-state index contributed by atoms with van der Waals surface area (Å²) < 4.78 is 5.64. The molecule has 0 saturated heterocycles. The Kier molecular flexibility index (Phi) is 5.89. The fraction of sp³-hybridized carbons (Fsp3) is 0.143. The summed E-state index contributed by atoms with van der Waals surface area (Å²) in [6.07, 6.45) is 6.93. The van der Waals surface area contributed by atoms with Crippen molar-refractivity contribution in [1.29, 1.82) is 0 Å². The molecule has 1 heterocycles. The molecular formula is C21H21N3O3. The van der Waals surface area contributed by atoms with E-state index in [4.69, 9.17) is 4.74 Å². The van der Waals surface area contributed by atoms with E-state index in [1.165, 1.54) is 6.92 Å². The SMILES string of the molecule is CC(=O)NCCN1C=COC(c2cc(O)ccc2N=Cc2ccccc2)=C1. The van der Waals surface area contributed by atoms with Gasteiger partial charge in [0, 0.05) is 44.2 Å². The molecule has 0 saturated carbocycles. The number of nitrogens with one attached hydrogen (secondary N) is 1. The third-order valence-corrected chi connectivity index (χ3v) is 3.87. The first-order valence-electron chi connectivity index (χ1n) is 8.59. The average Bonchev–Trinajstić information content (AvgIpc) is 2.68. The van der Waals surface area contributed by atoms with Crippen LogP contribution >= 0.6 is 0 Å². The van der Waals surface area contributed by atoms with Crippen LogP contribution in [0.25, 0.3) is 5.76 Å². The van der Waals surface area contributed by atoms with Gasteiger partial charge in [-0.25, -0.2) is 0 Å². The quantitative estimate of drug-likeness (QED) is 0.772. The van der Waals surface area contributed by atoms with Gasteiger partial charge in [0.1, 0.15) is 12.0 Å². The summed E-state index contributed by atoms with van der Waals surface area (Å²) in [7, 11) is 0. The minimum atomic E-state index is -0.0676. The Labute approximate surface area is 158 Å². The van der Waals surface area contributed by atoms with Gasteiger partial charge in [-0.15, -0.1) is 0 Å². The van der Waals surface area contributed by atoms with E-state index in [1.807, 2.05) is 41.4 Å². The lowest BCUT2D eigenvalue weighted by atomic mass is 10.1. The smallest absolute Gasteiger partial charge is 0.216 e. The van der Waals surface area contributed by atoms with Crippen molar-refractivity contribution < 1.29 is 14.6 Å². The summed E-state index contributed by atoms with van der Waals surface area (Å²) in [5.74, 6) is 0.630. The number of aliphatic imine (C=N–C) groups is 1. The lowest BCUT2D eigenvalue weighted by Crippen LogP contribution is -2.29. The van der Waals surface area contributed by atoms with Crippen molar-refractivity contribution >= 4 is 23.6 Å². The summed E-state index contributed by atoms with van der Waals surface area (Å²) in [6, 6.07) is 14.7. The maximum Gasteiger partial charge on any atom is 0.216 e. The predicted octanol–water partition coefficient (Wildman–Crippen LogP) is 3.38. The van der Waals surface area contributed by atoms with Gasteiger partial charge in [0.15, 0.2) is 5.76 Å². The fourth-order valence-electron chi connectivity index (χ4n) is 2.56. The summed E-state index contributed by atoms with van der Waals surface area (Å²) in [5.41, 5.74) is 2.34. The van der Waals surface area contributed by atoms with Gasteiger partial charge >= 0.3 is 0 Å². The fourth-order valence-corrected chi connectivity index (χ4v) is 2.56. The van der Waals surface area contributed by atoms with Crippen LogP contribution in [-0.4, -0.2) is 35.2 Å². The molecule has 1 aliphatic rings. The molecule has 0 aliphatic carbocycles. The number of aromatic hydroxyl groups is 1. The second kappa shape index (κ2) is 8.71. The summed E-state index contributed by atoms with van der Waals surface area (Å²) in [6.45, 7) is 2.60. The third kappa shape index (κ3) is 5.22. The first-order chi connectivity index (χ1) is 13.1. The molecule has 0 fully saturated rings. The topological polar surface area (TPSA) is 74.2 Å². The van der Waals surface area contributed by atoms with Crippen LogP contribution in [0.1, 0.15) is 18.1 Å². The number of ether oxygens (including phenoxy) is 1. The average molecular weight is 363 g/mol. The molecule has 0 aromatic heterocycles. The van der Waals surface area contributed by atoms with Gasteiger partial charge in [0.2, 0.25) is 5.91 Å². The normalized spacial score (nSPS) is 13.4. The summed E-state index contributed by atoms with van der Waals surface area (Å²) in [5, 5.41) is 12.7. The van der Waals surface area contributed by atoms with Gasteiger partial charge in [0.25, 0.3) is 0 Å². The van der Waals surface area contributed by atoms with Gasteiger partial charge in [-0.05, 0) is 23.8 Å². The molecule has 2 N–H and O–H groups in total. The molecule has 0 unspecified atom stereocenters. The molecule has 0 radical (unpaired) electrons. The number of rotatable bonds is 6. The summed E-state index contributed by atoms with van der Waals surface area (Å²) in [4.78, 5) is 17.5. The highest BCUT2D eigenvalue weighted by molar-refractivity contribution is 5.84. The van der Waals surface area contributed by atoms with Gasteiger partial charge in [-0.1, -0.05) is 30.3 Å². The van der Waals surface area contributed by atoms with E-state index in [1.54, 1.807) is 36.9 Å². The molecule has 6 nitrogen and oxygen atoms in total. The Morgan fingerprint density at radius 2 is 2.07 bits per heavy atom. The van der Waals surface area contributed by atoms with E-state index >= 15 is 0 Å². The zero-order valence-corrected chi connectivity index (χ0v) is 15.0. The second-order valence-corrected chi connectivity index (χ2v) is 5.99. The zero-order valence-electron chi connectivity index (χ0n) is 15.0. The van der Waals surface area contributed by atoms with Crippen LogP contribution in [0.4, 0.5) is 5.69 Å². The predicted molar refractivity (Wildman–Crippen MR) is 105 cm³/mol. The van der Waals surface area contributed by atoms with Crippen molar-refractivity contribution in [3.63, 3.8) is 0 Å². The Bertz CT molecular complexity index is 889. The van der Waals surface area contributed by atoms with Crippen LogP contribution in [0.5, 0.6) is 5.75 Å². The molecule has 0 spiro atoms. The lowest BCUT2D eigenvalue weighted by Gasteiger charge is -2.22. The number of benzene rings is 2. The highest BCUT2D eigenvalue weighted by Gasteiger charge is 2.14. The molecule has 27 heavy (non-hydrogen) atoms. The number of amides is 1. The number of nitrogens with zero attached hydrogens (tertiary/aromatic N) is 2. The van der Waals surface area contributed by atoms with Crippen molar-refractivity contribution in [2.24, 2.45) is 4.99 Å². The van der Waals surface area contributed by atoms with Gasteiger partial charge in [0.05, 0.1) is 5.69 Å². The van der Waals surface area contributed by atoms with Gasteiger partial charge in [-0.2, -0.15) is 0 Å². The highest BCUT2D eigenvalue weighted by Crippen LogP contribution is 2.32. The van der Waals surface area contributed by atoms with Crippen LogP contribution in [-0.2, 0) is 9.53 Å². The highest BCUT2D eigenvalue weighted by atomic mass is 16.5. The van der Waals surface area contributed by atoms with E-state index in [0.29, 0.717) is 30.1 Å². The van der Waals surface area contributed by atoms with Gasteiger partial charge in [-0.3, -0.25) is 9.79 Å². The Hall–Kier alpha value is -3.54. The lowest BCUT2D eigenvalue weighted by molar-refractivity contribution is -0.118. The Morgan fingerprint density at radius 3 is 2.85 bits per heavy atom. The molecule has 1 amide bonds. The molecular weight excluding hydrogens is 342 g/mol. The first-order valence-corrected chi connectivity index (χ1v) is 8.59. The van der Waals surface area contributed by atoms with Crippen LogP contribution < -0.4 is 5.32 Å². The van der Waals surface area contributed by atoms with Crippen molar-refractivity contribution in [3.8, 4) is 5.75 Å². The van der Waals surface area contributed by atoms with Crippen LogP contribution in [0.3, 0.4) is 0 Å². The summed E-state index contributed by atoms with van der Waals surface area (Å²) >= 11 is 0. The number of carbonyl (C=O) groups is 1. The number of hydrogen-bond donors (Lipinski definition) is 2. The Morgan fingerprint density at radius 1 is 1.26 bits per heavy atom. The third-order valence-electron chi connectivity index (χ3n) is 3.87. The zero-order chi connectivity index (χ0) is 19.1. The van der Waals surface area contributed by atoms with E-state index in [9.17, 15) is 9.90 Å². The molecule has 1 aliphatic heterocycles. The monoisotopic (exact) mass is 363 g/mol. The maximum absolute atomic E-state index is 11.0. The van der Waals surface area contributed by atoms with E-state index < -0.39 is 0 Å². The second-order valence-electron chi connectivity index (χ2n) is 5.99. The molecule has 138 valence electrons. The molecule has 0 bridgehead atoms.